The summed E-state index contributed by atoms with van der Waals surface area (Å²) in [6, 6.07) is 10.6. The van der Waals surface area contributed by atoms with E-state index in [9.17, 15) is 9.59 Å². The second-order valence-corrected chi connectivity index (χ2v) is 7.18. The molecule has 4 rings (SSSR count). The Morgan fingerprint density at radius 2 is 1.83 bits per heavy atom. The molecule has 3 heterocycles. The van der Waals surface area contributed by atoms with Crippen LogP contribution in [0.1, 0.15) is 12.5 Å². The quantitative estimate of drug-likeness (QED) is 0.635. The van der Waals surface area contributed by atoms with E-state index in [2.05, 4.69) is 9.88 Å². The van der Waals surface area contributed by atoms with Crippen molar-refractivity contribution in [2.45, 2.75) is 20.0 Å². The van der Waals surface area contributed by atoms with Crippen LogP contribution >= 0.6 is 0 Å². The van der Waals surface area contributed by atoms with Gasteiger partial charge in [0, 0.05) is 55.7 Å². The summed E-state index contributed by atoms with van der Waals surface area (Å²) in [4.78, 5) is 32.5. The van der Waals surface area contributed by atoms with E-state index < -0.39 is 6.10 Å². The van der Waals surface area contributed by atoms with Crippen molar-refractivity contribution >= 4 is 22.6 Å². The van der Waals surface area contributed by atoms with Crippen LogP contribution in [0.4, 0.5) is 5.69 Å². The van der Waals surface area contributed by atoms with Gasteiger partial charge in [-0.05, 0) is 49.7 Å². The lowest BCUT2D eigenvalue weighted by atomic mass is 10.1. The fraction of sp³-hybridized carbons (Fsp3) is 0.318. The van der Waals surface area contributed by atoms with Crippen molar-refractivity contribution in [3.63, 3.8) is 0 Å². The van der Waals surface area contributed by atoms with E-state index in [1.807, 2.05) is 24.0 Å². The molecular weight excluding hydrogens is 370 g/mol. The lowest BCUT2D eigenvalue weighted by Gasteiger charge is -2.37. The van der Waals surface area contributed by atoms with Crippen molar-refractivity contribution in [2.24, 2.45) is 0 Å². The van der Waals surface area contributed by atoms with E-state index in [0.29, 0.717) is 24.4 Å². The van der Waals surface area contributed by atoms with Crippen molar-refractivity contribution in [1.82, 2.24) is 9.88 Å². The number of ether oxygens (including phenoxy) is 1. The topological polar surface area (TPSA) is 75.9 Å². The number of fused-ring (bicyclic) bond motifs is 1. The van der Waals surface area contributed by atoms with Gasteiger partial charge in [-0.2, -0.15) is 0 Å². The van der Waals surface area contributed by atoms with Crippen molar-refractivity contribution in [2.75, 3.05) is 31.1 Å². The van der Waals surface area contributed by atoms with Crippen molar-refractivity contribution in [1.29, 1.82) is 0 Å². The zero-order valence-electron chi connectivity index (χ0n) is 16.5. The van der Waals surface area contributed by atoms with Crippen LogP contribution in [0, 0.1) is 6.92 Å². The SMILES string of the molecule is Cc1cc(=O)oc2ccc(OC(C)C(=O)N3CCN(c4ccncc4)CC3)cc12. The van der Waals surface area contributed by atoms with E-state index in [4.69, 9.17) is 9.15 Å². The van der Waals surface area contributed by atoms with Crippen LogP contribution < -0.4 is 15.3 Å². The summed E-state index contributed by atoms with van der Waals surface area (Å²) < 4.78 is 11.1. The fourth-order valence-corrected chi connectivity index (χ4v) is 3.62. The van der Waals surface area contributed by atoms with Crippen molar-refractivity contribution in [3.05, 3.63) is 64.8 Å². The van der Waals surface area contributed by atoms with Gasteiger partial charge in [0.15, 0.2) is 6.10 Å². The first-order valence-electron chi connectivity index (χ1n) is 9.66. The molecule has 1 saturated heterocycles. The number of nitrogens with zero attached hydrogens (tertiary/aromatic N) is 3. The van der Waals surface area contributed by atoms with Crippen LogP contribution in [0.25, 0.3) is 11.0 Å². The summed E-state index contributed by atoms with van der Waals surface area (Å²) in [5.74, 6) is 0.543. The molecule has 0 radical (unpaired) electrons. The maximum Gasteiger partial charge on any atom is 0.336 e. The molecule has 1 fully saturated rings. The first-order valence-corrected chi connectivity index (χ1v) is 9.66. The number of hydrogen-bond acceptors (Lipinski definition) is 6. The lowest BCUT2D eigenvalue weighted by molar-refractivity contribution is -0.138. The summed E-state index contributed by atoms with van der Waals surface area (Å²) in [6.45, 7) is 6.46. The van der Waals surface area contributed by atoms with Gasteiger partial charge in [0.25, 0.3) is 5.91 Å². The molecule has 1 atom stereocenters. The molecule has 1 amide bonds. The van der Waals surface area contributed by atoms with Crippen LogP contribution in [-0.4, -0.2) is 48.1 Å². The summed E-state index contributed by atoms with van der Waals surface area (Å²) in [7, 11) is 0. The van der Waals surface area contributed by atoms with Gasteiger partial charge in [-0.25, -0.2) is 4.79 Å². The monoisotopic (exact) mass is 393 g/mol. The first kappa shape index (κ1) is 19.0. The third-order valence-electron chi connectivity index (χ3n) is 5.20. The number of anilines is 1. The molecular formula is C22H23N3O4. The number of hydrogen-bond donors (Lipinski definition) is 0. The average Bonchev–Trinajstić information content (AvgIpc) is 2.74. The van der Waals surface area contributed by atoms with Gasteiger partial charge >= 0.3 is 5.63 Å². The van der Waals surface area contributed by atoms with Crippen LogP contribution in [0.15, 0.2) is 58.0 Å². The summed E-state index contributed by atoms with van der Waals surface area (Å²) >= 11 is 0. The molecule has 1 aliphatic rings. The molecule has 0 spiro atoms. The van der Waals surface area contributed by atoms with Gasteiger partial charge in [0.1, 0.15) is 11.3 Å². The molecule has 29 heavy (non-hydrogen) atoms. The van der Waals surface area contributed by atoms with E-state index in [1.54, 1.807) is 37.5 Å². The number of aryl methyl sites for hydroxylation is 1. The fourth-order valence-electron chi connectivity index (χ4n) is 3.62. The molecule has 0 saturated carbocycles. The van der Waals surface area contributed by atoms with Gasteiger partial charge in [-0.15, -0.1) is 0 Å². The van der Waals surface area contributed by atoms with Crippen LogP contribution in [-0.2, 0) is 4.79 Å². The number of pyridine rings is 1. The average molecular weight is 393 g/mol. The highest BCUT2D eigenvalue weighted by Gasteiger charge is 2.26. The highest BCUT2D eigenvalue weighted by molar-refractivity contribution is 5.83. The van der Waals surface area contributed by atoms with Gasteiger partial charge in [-0.3, -0.25) is 9.78 Å². The van der Waals surface area contributed by atoms with Gasteiger partial charge in [0.2, 0.25) is 0 Å². The number of piperazine rings is 1. The minimum Gasteiger partial charge on any atom is -0.481 e. The molecule has 1 aromatic carbocycles. The third kappa shape index (κ3) is 4.08. The summed E-state index contributed by atoms with van der Waals surface area (Å²) in [5.41, 5.74) is 2.06. The Labute approximate surface area is 168 Å². The Kier molecular flexibility index (Phi) is 5.20. The largest absolute Gasteiger partial charge is 0.481 e. The van der Waals surface area contributed by atoms with E-state index in [-0.39, 0.29) is 11.5 Å². The molecule has 7 nitrogen and oxygen atoms in total. The predicted octanol–water partition coefficient (Wildman–Crippen LogP) is 2.61. The number of carbonyl (C=O) groups is 1. The lowest BCUT2D eigenvalue weighted by Crippen LogP contribution is -2.52. The maximum atomic E-state index is 12.8. The molecule has 0 N–H and O–H groups in total. The van der Waals surface area contributed by atoms with E-state index >= 15 is 0 Å². The second kappa shape index (κ2) is 7.95. The molecule has 1 aliphatic heterocycles. The molecule has 3 aromatic rings. The van der Waals surface area contributed by atoms with Gasteiger partial charge in [-0.1, -0.05) is 0 Å². The minimum atomic E-state index is -0.601. The zero-order chi connectivity index (χ0) is 20.4. The molecule has 150 valence electrons. The van der Waals surface area contributed by atoms with Crippen LogP contribution in [0.5, 0.6) is 5.75 Å². The van der Waals surface area contributed by atoms with Gasteiger partial charge in [0.05, 0.1) is 0 Å². The molecule has 2 aromatic heterocycles. The summed E-state index contributed by atoms with van der Waals surface area (Å²) in [6.07, 6.45) is 2.95. The predicted molar refractivity (Wildman–Crippen MR) is 110 cm³/mol. The van der Waals surface area contributed by atoms with Gasteiger partial charge < -0.3 is 19.0 Å². The van der Waals surface area contributed by atoms with Crippen molar-refractivity contribution < 1.29 is 13.9 Å². The van der Waals surface area contributed by atoms with Crippen molar-refractivity contribution in [3.8, 4) is 5.75 Å². The third-order valence-corrected chi connectivity index (χ3v) is 5.20. The zero-order valence-corrected chi connectivity index (χ0v) is 16.5. The number of aromatic nitrogens is 1. The minimum absolute atomic E-state index is 0.0317. The Morgan fingerprint density at radius 3 is 2.55 bits per heavy atom. The van der Waals surface area contributed by atoms with Crippen LogP contribution in [0.3, 0.4) is 0 Å². The summed E-state index contributed by atoms with van der Waals surface area (Å²) in [5, 5.41) is 0.799. The number of rotatable bonds is 4. The first-order chi connectivity index (χ1) is 14.0. The molecule has 1 unspecified atom stereocenters. The number of carbonyl (C=O) groups excluding carboxylic acids is 1. The molecule has 0 aliphatic carbocycles. The highest BCUT2D eigenvalue weighted by Crippen LogP contribution is 2.24. The normalized spacial score (nSPS) is 15.4. The Morgan fingerprint density at radius 1 is 1.10 bits per heavy atom. The second-order valence-electron chi connectivity index (χ2n) is 7.18. The Balaban J connectivity index is 1.40. The Bertz CT molecular complexity index is 1070. The highest BCUT2D eigenvalue weighted by atomic mass is 16.5. The number of amides is 1. The van der Waals surface area contributed by atoms with E-state index in [1.165, 1.54) is 6.07 Å². The smallest absolute Gasteiger partial charge is 0.336 e. The van der Waals surface area contributed by atoms with E-state index in [0.717, 1.165) is 29.7 Å². The molecule has 0 bridgehead atoms. The standard InChI is InChI=1S/C22H23N3O4/c1-15-13-21(26)29-20-4-3-18(14-19(15)20)28-16(2)22(27)25-11-9-24(10-12-25)17-5-7-23-8-6-17/h3-8,13-14,16H,9-12H2,1-2H3. The maximum absolute atomic E-state index is 12.8. The van der Waals surface area contributed by atoms with Crippen LogP contribution in [0.2, 0.25) is 0 Å². The number of benzene rings is 1. The molecule has 7 heteroatoms. The Hall–Kier alpha value is -3.35.